The van der Waals surface area contributed by atoms with Crippen LogP contribution in [0.3, 0.4) is 0 Å². The van der Waals surface area contributed by atoms with Gasteiger partial charge in [-0.2, -0.15) is 0 Å². The van der Waals surface area contributed by atoms with Crippen molar-refractivity contribution < 1.29 is 9.59 Å². The van der Waals surface area contributed by atoms with Crippen molar-refractivity contribution in [3.8, 4) is 0 Å². The Morgan fingerprint density at radius 1 is 1.27 bits per heavy atom. The summed E-state index contributed by atoms with van der Waals surface area (Å²) >= 11 is 5.79. The number of halogens is 1. The molecule has 4 nitrogen and oxygen atoms in total. The number of nitrogens with one attached hydrogen (secondary N) is 2. The lowest BCUT2D eigenvalue weighted by atomic mass is 10.0. The van der Waals surface area contributed by atoms with Gasteiger partial charge in [-0.05, 0) is 36.5 Å². The number of carbonyl (C=O) groups excluding carboxylic acids is 2. The molecule has 1 aromatic carbocycles. The van der Waals surface area contributed by atoms with Crippen LogP contribution in [0.2, 0.25) is 0 Å². The summed E-state index contributed by atoms with van der Waals surface area (Å²) in [7, 11) is 0. The lowest BCUT2D eigenvalue weighted by Gasteiger charge is -2.20. The highest BCUT2D eigenvalue weighted by Crippen LogP contribution is 2.10. The van der Waals surface area contributed by atoms with E-state index in [2.05, 4.69) is 10.6 Å². The third kappa shape index (κ3) is 6.06. The molecular formula is C17H25ClN2O2. The van der Waals surface area contributed by atoms with E-state index < -0.39 is 6.04 Å². The summed E-state index contributed by atoms with van der Waals surface area (Å²) in [6.45, 7) is 6.67. The first kappa shape index (κ1) is 18.5. The van der Waals surface area contributed by atoms with Gasteiger partial charge in [0, 0.05) is 18.0 Å². The Hall–Kier alpha value is -1.55. The molecule has 1 atom stereocenters. The zero-order valence-corrected chi connectivity index (χ0v) is 14.2. The van der Waals surface area contributed by atoms with Gasteiger partial charge in [0.1, 0.15) is 6.04 Å². The fourth-order valence-electron chi connectivity index (χ4n) is 2.11. The molecule has 0 aromatic heterocycles. The van der Waals surface area contributed by atoms with E-state index >= 15 is 0 Å². The van der Waals surface area contributed by atoms with E-state index in [9.17, 15) is 9.59 Å². The number of amides is 2. The monoisotopic (exact) mass is 324 g/mol. The zero-order valence-electron chi connectivity index (χ0n) is 13.5. The summed E-state index contributed by atoms with van der Waals surface area (Å²) in [5.74, 6) is 0.293. The Morgan fingerprint density at radius 2 is 2.00 bits per heavy atom. The van der Waals surface area contributed by atoms with Gasteiger partial charge in [0.25, 0.3) is 5.91 Å². The van der Waals surface area contributed by atoms with Gasteiger partial charge in [-0.1, -0.05) is 32.9 Å². The highest BCUT2D eigenvalue weighted by molar-refractivity contribution is 6.17. The summed E-state index contributed by atoms with van der Waals surface area (Å²) in [6.07, 6.45) is 1.47. The van der Waals surface area contributed by atoms with Crippen molar-refractivity contribution in [1.82, 2.24) is 10.6 Å². The first-order valence-electron chi connectivity index (χ1n) is 7.71. The quantitative estimate of drug-likeness (QED) is 0.722. The van der Waals surface area contributed by atoms with Gasteiger partial charge < -0.3 is 10.6 Å². The normalized spacial score (nSPS) is 12.0. The topological polar surface area (TPSA) is 58.2 Å². The first-order chi connectivity index (χ1) is 10.5. The van der Waals surface area contributed by atoms with Crippen LogP contribution >= 0.6 is 11.6 Å². The average molecular weight is 325 g/mol. The number of benzene rings is 1. The van der Waals surface area contributed by atoms with Gasteiger partial charge in [-0.25, -0.2) is 0 Å². The van der Waals surface area contributed by atoms with Crippen molar-refractivity contribution in [3.63, 3.8) is 0 Å². The van der Waals surface area contributed by atoms with Crippen LogP contribution in [0.1, 0.15) is 49.5 Å². The molecule has 0 heterocycles. The van der Waals surface area contributed by atoms with Gasteiger partial charge >= 0.3 is 0 Å². The Balaban J connectivity index is 2.78. The molecule has 1 unspecified atom stereocenters. The first-order valence-corrected chi connectivity index (χ1v) is 8.24. The third-order valence-electron chi connectivity index (χ3n) is 3.22. The molecule has 0 fully saturated rings. The van der Waals surface area contributed by atoms with Crippen LogP contribution < -0.4 is 10.6 Å². The predicted octanol–water partition coefficient (Wildman–Crippen LogP) is 3.10. The van der Waals surface area contributed by atoms with Crippen molar-refractivity contribution in [3.05, 3.63) is 35.4 Å². The van der Waals surface area contributed by atoms with Crippen LogP contribution in [0.4, 0.5) is 0 Å². The molecule has 22 heavy (non-hydrogen) atoms. The molecule has 0 radical (unpaired) electrons. The Labute approximate surface area is 137 Å². The van der Waals surface area contributed by atoms with Crippen molar-refractivity contribution in [2.24, 2.45) is 5.92 Å². The Kier molecular flexibility index (Phi) is 7.96. The second kappa shape index (κ2) is 9.46. The molecule has 0 bridgehead atoms. The SMILES string of the molecule is CCCNC(=O)C(CC(C)C)NC(=O)c1cccc(CCl)c1. The molecular weight excluding hydrogens is 300 g/mol. The summed E-state index contributed by atoms with van der Waals surface area (Å²) in [4.78, 5) is 24.5. The van der Waals surface area contributed by atoms with Gasteiger partial charge in [0.2, 0.25) is 5.91 Å². The molecule has 0 saturated carbocycles. The van der Waals surface area contributed by atoms with Crippen LogP contribution in [0.15, 0.2) is 24.3 Å². The van der Waals surface area contributed by atoms with E-state index in [1.807, 2.05) is 26.8 Å². The summed E-state index contributed by atoms with van der Waals surface area (Å²) in [5, 5.41) is 5.67. The van der Waals surface area contributed by atoms with Gasteiger partial charge in [-0.3, -0.25) is 9.59 Å². The minimum absolute atomic E-state index is 0.127. The van der Waals surface area contributed by atoms with E-state index in [4.69, 9.17) is 11.6 Å². The molecule has 0 spiro atoms. The molecule has 1 aromatic rings. The fourth-order valence-corrected chi connectivity index (χ4v) is 2.28. The zero-order chi connectivity index (χ0) is 16.5. The lowest BCUT2D eigenvalue weighted by Crippen LogP contribution is -2.47. The van der Waals surface area contributed by atoms with Crippen molar-refractivity contribution >= 4 is 23.4 Å². The number of hydrogen-bond acceptors (Lipinski definition) is 2. The predicted molar refractivity (Wildman–Crippen MR) is 90.0 cm³/mol. The maximum Gasteiger partial charge on any atom is 0.251 e. The van der Waals surface area contributed by atoms with E-state index in [1.165, 1.54) is 0 Å². The van der Waals surface area contributed by atoms with Crippen LogP contribution in [-0.2, 0) is 10.7 Å². The molecule has 1 rings (SSSR count). The van der Waals surface area contributed by atoms with E-state index in [0.717, 1.165) is 12.0 Å². The van der Waals surface area contributed by atoms with Crippen molar-refractivity contribution in [2.45, 2.75) is 45.5 Å². The Bertz CT molecular complexity index is 503. The minimum Gasteiger partial charge on any atom is -0.354 e. The molecule has 2 N–H and O–H groups in total. The standard InChI is InChI=1S/C17H25ClN2O2/c1-4-8-19-17(22)15(9-12(2)3)20-16(21)14-7-5-6-13(10-14)11-18/h5-7,10,12,15H,4,8-9,11H2,1-3H3,(H,19,22)(H,20,21). The third-order valence-corrected chi connectivity index (χ3v) is 3.53. The van der Waals surface area contributed by atoms with Gasteiger partial charge in [-0.15, -0.1) is 11.6 Å². The summed E-state index contributed by atoms with van der Waals surface area (Å²) < 4.78 is 0. The average Bonchev–Trinajstić information content (AvgIpc) is 2.51. The van der Waals surface area contributed by atoms with Crippen LogP contribution in [0.25, 0.3) is 0 Å². The lowest BCUT2D eigenvalue weighted by molar-refractivity contribution is -0.123. The Morgan fingerprint density at radius 3 is 2.59 bits per heavy atom. The largest absolute Gasteiger partial charge is 0.354 e. The van der Waals surface area contributed by atoms with Gasteiger partial charge in [0.15, 0.2) is 0 Å². The fraction of sp³-hybridized carbons (Fsp3) is 0.529. The summed E-state index contributed by atoms with van der Waals surface area (Å²) in [6, 6.07) is 6.61. The molecule has 5 heteroatoms. The van der Waals surface area contributed by atoms with Crippen molar-refractivity contribution in [1.29, 1.82) is 0 Å². The maximum absolute atomic E-state index is 12.3. The molecule has 122 valence electrons. The van der Waals surface area contributed by atoms with E-state index in [1.54, 1.807) is 18.2 Å². The van der Waals surface area contributed by atoms with Crippen LogP contribution in [0, 0.1) is 5.92 Å². The molecule has 2 amide bonds. The summed E-state index contributed by atoms with van der Waals surface area (Å²) in [5.41, 5.74) is 1.40. The minimum atomic E-state index is -0.515. The number of rotatable bonds is 8. The van der Waals surface area contributed by atoms with E-state index in [0.29, 0.717) is 30.3 Å². The molecule has 0 aliphatic carbocycles. The molecule has 0 saturated heterocycles. The van der Waals surface area contributed by atoms with Crippen molar-refractivity contribution in [2.75, 3.05) is 6.54 Å². The van der Waals surface area contributed by atoms with Gasteiger partial charge in [0.05, 0.1) is 0 Å². The highest BCUT2D eigenvalue weighted by Gasteiger charge is 2.22. The highest BCUT2D eigenvalue weighted by atomic mass is 35.5. The molecule has 0 aliphatic rings. The smallest absolute Gasteiger partial charge is 0.251 e. The number of carbonyl (C=O) groups is 2. The second-order valence-electron chi connectivity index (χ2n) is 5.78. The maximum atomic E-state index is 12.3. The number of alkyl halides is 1. The second-order valence-corrected chi connectivity index (χ2v) is 6.05. The van der Waals surface area contributed by atoms with E-state index in [-0.39, 0.29) is 11.8 Å². The number of hydrogen-bond donors (Lipinski definition) is 2. The van der Waals surface area contributed by atoms with Crippen LogP contribution in [-0.4, -0.2) is 24.4 Å². The molecule has 0 aliphatic heterocycles. The van der Waals surface area contributed by atoms with Crippen LogP contribution in [0.5, 0.6) is 0 Å².